The molecular formula is C17H15F6NO2. The average molecular weight is 379 g/mol. The van der Waals surface area contributed by atoms with E-state index in [0.29, 0.717) is 12.1 Å². The van der Waals surface area contributed by atoms with Crippen molar-refractivity contribution in [3.63, 3.8) is 0 Å². The highest BCUT2D eigenvalue weighted by Gasteiger charge is 2.37. The molecule has 0 amide bonds. The van der Waals surface area contributed by atoms with Gasteiger partial charge < -0.3 is 15.2 Å². The molecule has 142 valence electrons. The molecule has 0 atom stereocenters. The maximum absolute atomic E-state index is 13.0. The van der Waals surface area contributed by atoms with Gasteiger partial charge in [0, 0.05) is 29.8 Å². The highest BCUT2D eigenvalue weighted by atomic mass is 19.4. The van der Waals surface area contributed by atoms with Gasteiger partial charge in [0.15, 0.2) is 0 Å². The lowest BCUT2D eigenvalue weighted by Crippen LogP contribution is -2.12. The molecule has 2 N–H and O–H groups in total. The van der Waals surface area contributed by atoms with Crippen LogP contribution in [-0.4, -0.2) is 14.2 Å². The third-order valence-corrected chi connectivity index (χ3v) is 3.66. The first kappa shape index (κ1) is 19.7. The van der Waals surface area contributed by atoms with E-state index in [9.17, 15) is 26.3 Å². The van der Waals surface area contributed by atoms with Gasteiger partial charge in [-0.15, -0.1) is 0 Å². The van der Waals surface area contributed by atoms with Gasteiger partial charge in [-0.05, 0) is 23.8 Å². The molecule has 0 fully saturated rings. The summed E-state index contributed by atoms with van der Waals surface area (Å²) in [6, 6.07) is 4.25. The van der Waals surface area contributed by atoms with Gasteiger partial charge >= 0.3 is 12.4 Å². The summed E-state index contributed by atoms with van der Waals surface area (Å²) in [4.78, 5) is 0. The van der Waals surface area contributed by atoms with Crippen LogP contribution >= 0.6 is 0 Å². The van der Waals surface area contributed by atoms with Gasteiger partial charge in [0.2, 0.25) is 0 Å². The molecule has 0 saturated heterocycles. The van der Waals surface area contributed by atoms with Crippen molar-refractivity contribution >= 4 is 5.69 Å². The summed E-state index contributed by atoms with van der Waals surface area (Å²) < 4.78 is 88.2. The molecule has 9 heteroatoms. The second-order valence-electron chi connectivity index (χ2n) is 5.49. The third kappa shape index (κ3) is 4.33. The number of anilines is 1. The SMILES string of the molecule is COc1cc(N)cc(OC)c1Cc1cc(C(F)(F)F)cc(C(F)(F)F)c1. The van der Waals surface area contributed by atoms with E-state index < -0.39 is 23.5 Å². The van der Waals surface area contributed by atoms with Crippen LogP contribution < -0.4 is 15.2 Å². The van der Waals surface area contributed by atoms with Crippen molar-refractivity contribution in [2.45, 2.75) is 18.8 Å². The predicted octanol–water partition coefficient (Wildman–Crippen LogP) is 4.91. The number of rotatable bonds is 4. The van der Waals surface area contributed by atoms with Crippen molar-refractivity contribution in [3.05, 3.63) is 52.6 Å². The molecule has 2 aromatic rings. The van der Waals surface area contributed by atoms with Crippen LogP contribution in [0.15, 0.2) is 30.3 Å². The predicted molar refractivity (Wildman–Crippen MR) is 83.2 cm³/mol. The Balaban J connectivity index is 2.60. The Morgan fingerprint density at radius 3 is 1.54 bits per heavy atom. The molecule has 0 heterocycles. The van der Waals surface area contributed by atoms with E-state index in [-0.39, 0.29) is 40.8 Å². The first-order valence-corrected chi connectivity index (χ1v) is 7.24. The molecule has 0 spiro atoms. The highest BCUT2D eigenvalue weighted by Crippen LogP contribution is 2.39. The van der Waals surface area contributed by atoms with E-state index in [2.05, 4.69) is 0 Å². The summed E-state index contributed by atoms with van der Waals surface area (Å²) in [6.45, 7) is 0. The highest BCUT2D eigenvalue weighted by molar-refractivity contribution is 5.58. The number of hydrogen-bond donors (Lipinski definition) is 1. The van der Waals surface area contributed by atoms with E-state index in [0.717, 1.165) is 0 Å². The molecule has 0 saturated carbocycles. The van der Waals surface area contributed by atoms with Crippen molar-refractivity contribution in [3.8, 4) is 11.5 Å². The van der Waals surface area contributed by atoms with Crippen molar-refractivity contribution in [2.24, 2.45) is 0 Å². The lowest BCUT2D eigenvalue weighted by Gasteiger charge is -2.17. The van der Waals surface area contributed by atoms with E-state index in [1.54, 1.807) is 0 Å². The van der Waals surface area contributed by atoms with E-state index in [1.165, 1.54) is 26.4 Å². The van der Waals surface area contributed by atoms with E-state index in [4.69, 9.17) is 15.2 Å². The fraction of sp³-hybridized carbons (Fsp3) is 0.294. The number of nitrogen functional groups attached to an aromatic ring is 1. The zero-order chi connectivity index (χ0) is 19.7. The van der Waals surface area contributed by atoms with Gasteiger partial charge in [0.1, 0.15) is 11.5 Å². The monoisotopic (exact) mass is 379 g/mol. The molecule has 0 aromatic heterocycles. The maximum atomic E-state index is 13.0. The molecule has 2 rings (SSSR count). The normalized spacial score (nSPS) is 12.2. The van der Waals surface area contributed by atoms with Crippen LogP contribution in [0.3, 0.4) is 0 Å². The maximum Gasteiger partial charge on any atom is 0.416 e. The number of benzene rings is 2. The molecule has 0 unspecified atom stereocenters. The summed E-state index contributed by atoms with van der Waals surface area (Å²) in [5.74, 6) is 0.403. The molecule has 0 aliphatic rings. The van der Waals surface area contributed by atoms with Crippen molar-refractivity contribution in [1.29, 1.82) is 0 Å². The van der Waals surface area contributed by atoms with Gasteiger partial charge in [0.25, 0.3) is 0 Å². The lowest BCUT2D eigenvalue weighted by atomic mass is 9.97. The molecule has 26 heavy (non-hydrogen) atoms. The minimum atomic E-state index is -4.91. The topological polar surface area (TPSA) is 44.5 Å². The Morgan fingerprint density at radius 2 is 1.19 bits per heavy atom. The number of ether oxygens (including phenoxy) is 2. The van der Waals surface area contributed by atoms with E-state index in [1.807, 2.05) is 0 Å². The largest absolute Gasteiger partial charge is 0.496 e. The van der Waals surface area contributed by atoms with Crippen LogP contribution in [0.2, 0.25) is 0 Å². The molecule has 0 radical (unpaired) electrons. The minimum absolute atomic E-state index is 0.0843. The second kappa shape index (κ2) is 6.97. The summed E-state index contributed by atoms with van der Waals surface area (Å²) in [6.07, 6.45) is -10.1. The minimum Gasteiger partial charge on any atom is -0.496 e. The summed E-state index contributed by atoms with van der Waals surface area (Å²) in [7, 11) is 2.62. The number of halogens is 6. The molecular weight excluding hydrogens is 364 g/mol. The lowest BCUT2D eigenvalue weighted by molar-refractivity contribution is -0.143. The van der Waals surface area contributed by atoms with Gasteiger partial charge in [0.05, 0.1) is 25.3 Å². The first-order chi connectivity index (χ1) is 12.0. The van der Waals surface area contributed by atoms with Gasteiger partial charge in [-0.3, -0.25) is 0 Å². The smallest absolute Gasteiger partial charge is 0.416 e. The van der Waals surface area contributed by atoms with Crippen LogP contribution in [0, 0.1) is 0 Å². The molecule has 0 aliphatic heterocycles. The standard InChI is InChI=1S/C17H15F6NO2/c1-25-14-7-12(24)8-15(26-2)13(14)5-9-3-10(16(18,19)20)6-11(4-9)17(21,22)23/h3-4,6-8H,5,24H2,1-2H3. The quantitative estimate of drug-likeness (QED) is 0.606. The van der Waals surface area contributed by atoms with Gasteiger partial charge in [-0.25, -0.2) is 0 Å². The number of alkyl halides is 6. The molecule has 0 aliphatic carbocycles. The van der Waals surface area contributed by atoms with Gasteiger partial charge in [-0.1, -0.05) is 0 Å². The van der Waals surface area contributed by atoms with Crippen LogP contribution in [-0.2, 0) is 18.8 Å². The fourth-order valence-electron chi connectivity index (χ4n) is 2.50. The van der Waals surface area contributed by atoms with Crippen molar-refractivity contribution in [2.75, 3.05) is 20.0 Å². The number of hydrogen-bond acceptors (Lipinski definition) is 3. The zero-order valence-electron chi connectivity index (χ0n) is 13.8. The average Bonchev–Trinajstić information content (AvgIpc) is 2.54. The fourth-order valence-corrected chi connectivity index (χ4v) is 2.50. The van der Waals surface area contributed by atoms with Crippen LogP contribution in [0.4, 0.5) is 32.0 Å². The van der Waals surface area contributed by atoms with Crippen LogP contribution in [0.1, 0.15) is 22.3 Å². The Hall–Kier alpha value is -2.58. The van der Waals surface area contributed by atoms with E-state index >= 15 is 0 Å². The van der Waals surface area contributed by atoms with Gasteiger partial charge in [-0.2, -0.15) is 26.3 Å². The Kier molecular flexibility index (Phi) is 5.29. The second-order valence-corrected chi connectivity index (χ2v) is 5.49. The Morgan fingerprint density at radius 1 is 0.769 bits per heavy atom. The molecule has 3 nitrogen and oxygen atoms in total. The first-order valence-electron chi connectivity index (χ1n) is 7.24. The summed E-state index contributed by atoms with van der Waals surface area (Å²) in [5, 5.41) is 0. The third-order valence-electron chi connectivity index (χ3n) is 3.66. The Labute approximate surface area is 145 Å². The molecule has 2 aromatic carbocycles. The number of methoxy groups -OCH3 is 2. The number of nitrogens with two attached hydrogens (primary N) is 1. The molecule has 0 bridgehead atoms. The van der Waals surface area contributed by atoms with Crippen molar-refractivity contribution in [1.82, 2.24) is 0 Å². The summed E-state index contributed by atoms with van der Waals surface area (Å²) >= 11 is 0. The summed E-state index contributed by atoms with van der Waals surface area (Å²) in [5.41, 5.74) is 3.30. The van der Waals surface area contributed by atoms with Crippen LogP contribution in [0.25, 0.3) is 0 Å². The van der Waals surface area contributed by atoms with Crippen molar-refractivity contribution < 1.29 is 35.8 Å². The van der Waals surface area contributed by atoms with Crippen LogP contribution in [0.5, 0.6) is 11.5 Å². The zero-order valence-corrected chi connectivity index (χ0v) is 13.8. The Bertz CT molecular complexity index is 742.